The maximum absolute atomic E-state index is 12.9. The molecular weight excluding hydrogens is 372 g/mol. The van der Waals surface area contributed by atoms with Crippen molar-refractivity contribution in [3.63, 3.8) is 0 Å². The van der Waals surface area contributed by atoms with Crippen LogP contribution in [0, 0.1) is 13.8 Å². The molecule has 0 bridgehead atoms. The smallest absolute Gasteiger partial charge is 0.300 e. The Hall–Kier alpha value is -3.06. The maximum atomic E-state index is 12.9. The van der Waals surface area contributed by atoms with Crippen molar-refractivity contribution in [1.29, 1.82) is 0 Å². The number of hydrogen-bond acceptors (Lipinski definition) is 5. The average molecular weight is 392 g/mol. The van der Waals surface area contributed by atoms with Crippen molar-refractivity contribution in [2.75, 3.05) is 7.11 Å². The van der Waals surface area contributed by atoms with E-state index in [0.717, 1.165) is 22.6 Å². The second-order valence-electron chi connectivity index (χ2n) is 6.56. The predicted octanol–water partition coefficient (Wildman–Crippen LogP) is 3.80. The molecule has 7 heteroatoms. The quantitative estimate of drug-likeness (QED) is 0.484. The molecule has 0 N–H and O–H groups in total. The first-order valence-corrected chi connectivity index (χ1v) is 9.85. The van der Waals surface area contributed by atoms with E-state index in [0.29, 0.717) is 16.6 Å². The third-order valence-electron chi connectivity index (χ3n) is 4.71. The molecule has 0 saturated carbocycles. The predicted molar refractivity (Wildman–Crippen MR) is 111 cm³/mol. The van der Waals surface area contributed by atoms with Crippen molar-refractivity contribution >= 4 is 17.4 Å². The SMILES string of the molecule is COc1cccc(CSc2nnc3c(=O)n(-c4ccc(C)c(C)c4)ccn23)c1. The highest BCUT2D eigenvalue weighted by Gasteiger charge is 2.12. The molecule has 0 aliphatic heterocycles. The molecule has 2 aromatic carbocycles. The average Bonchev–Trinajstić information content (AvgIpc) is 3.13. The number of thioether (sulfide) groups is 1. The van der Waals surface area contributed by atoms with Gasteiger partial charge in [0.15, 0.2) is 5.16 Å². The molecule has 0 unspecified atom stereocenters. The third kappa shape index (κ3) is 3.41. The molecule has 0 aliphatic carbocycles. The number of methoxy groups -OCH3 is 1. The number of benzene rings is 2. The molecule has 4 rings (SSSR count). The van der Waals surface area contributed by atoms with Gasteiger partial charge in [-0.15, -0.1) is 10.2 Å². The minimum atomic E-state index is -0.188. The second-order valence-corrected chi connectivity index (χ2v) is 7.50. The van der Waals surface area contributed by atoms with Crippen LogP contribution in [0.25, 0.3) is 11.3 Å². The molecule has 4 aromatic rings. The van der Waals surface area contributed by atoms with Gasteiger partial charge in [-0.1, -0.05) is 30.0 Å². The highest BCUT2D eigenvalue weighted by Crippen LogP contribution is 2.23. The molecule has 0 aliphatic rings. The van der Waals surface area contributed by atoms with Crippen molar-refractivity contribution < 1.29 is 4.74 Å². The molecule has 0 spiro atoms. The van der Waals surface area contributed by atoms with Crippen molar-refractivity contribution in [2.45, 2.75) is 24.8 Å². The van der Waals surface area contributed by atoms with Gasteiger partial charge in [-0.3, -0.25) is 13.8 Å². The third-order valence-corrected chi connectivity index (χ3v) is 5.72. The largest absolute Gasteiger partial charge is 0.497 e. The summed E-state index contributed by atoms with van der Waals surface area (Å²) in [5.41, 5.74) is 4.39. The number of nitrogens with zero attached hydrogens (tertiary/aromatic N) is 4. The zero-order valence-corrected chi connectivity index (χ0v) is 16.7. The van der Waals surface area contributed by atoms with Crippen LogP contribution in [0.3, 0.4) is 0 Å². The molecule has 2 heterocycles. The van der Waals surface area contributed by atoms with E-state index in [2.05, 4.69) is 17.1 Å². The lowest BCUT2D eigenvalue weighted by atomic mass is 10.1. The molecule has 0 radical (unpaired) electrons. The molecular formula is C21H20N4O2S. The maximum Gasteiger partial charge on any atom is 0.300 e. The number of aryl methyl sites for hydroxylation is 2. The highest BCUT2D eigenvalue weighted by atomic mass is 32.2. The van der Waals surface area contributed by atoms with Gasteiger partial charge in [-0.25, -0.2) is 0 Å². The van der Waals surface area contributed by atoms with E-state index in [1.165, 1.54) is 17.3 Å². The second kappa shape index (κ2) is 7.52. The molecule has 0 fully saturated rings. The zero-order valence-electron chi connectivity index (χ0n) is 15.9. The molecule has 0 amide bonds. The standard InChI is InChI=1S/C21H20N4O2S/c1-14-7-8-17(11-15(14)2)24-9-10-25-19(20(24)26)22-23-21(25)28-13-16-5-4-6-18(12-16)27-3/h4-12H,13H2,1-3H3. The van der Waals surface area contributed by atoms with E-state index in [4.69, 9.17) is 4.74 Å². The number of rotatable bonds is 5. The number of ether oxygens (including phenoxy) is 1. The van der Waals surface area contributed by atoms with E-state index in [9.17, 15) is 4.79 Å². The summed E-state index contributed by atoms with van der Waals surface area (Å²) >= 11 is 1.53. The lowest BCUT2D eigenvalue weighted by Crippen LogP contribution is -2.20. The number of hydrogen-bond donors (Lipinski definition) is 0. The molecule has 28 heavy (non-hydrogen) atoms. The van der Waals surface area contributed by atoms with E-state index in [1.54, 1.807) is 22.3 Å². The lowest BCUT2D eigenvalue weighted by Gasteiger charge is -2.09. The van der Waals surface area contributed by atoms with Crippen LogP contribution in [0.4, 0.5) is 0 Å². The topological polar surface area (TPSA) is 61.4 Å². The molecule has 6 nitrogen and oxygen atoms in total. The van der Waals surface area contributed by atoms with Crippen LogP contribution in [-0.4, -0.2) is 26.3 Å². The normalized spacial score (nSPS) is 11.1. The summed E-state index contributed by atoms with van der Waals surface area (Å²) in [6.07, 6.45) is 3.60. The summed E-state index contributed by atoms with van der Waals surface area (Å²) in [6.45, 7) is 4.09. The fraction of sp³-hybridized carbons (Fsp3) is 0.190. The van der Waals surface area contributed by atoms with Gasteiger partial charge < -0.3 is 4.74 Å². The van der Waals surface area contributed by atoms with Crippen LogP contribution in [0.1, 0.15) is 16.7 Å². The van der Waals surface area contributed by atoms with Gasteiger partial charge in [0.2, 0.25) is 5.65 Å². The fourth-order valence-corrected chi connectivity index (χ4v) is 3.81. The number of fused-ring (bicyclic) bond motifs is 1. The van der Waals surface area contributed by atoms with Crippen molar-refractivity contribution in [3.8, 4) is 11.4 Å². The minimum Gasteiger partial charge on any atom is -0.497 e. The van der Waals surface area contributed by atoms with Gasteiger partial charge in [0, 0.05) is 23.8 Å². The van der Waals surface area contributed by atoms with E-state index >= 15 is 0 Å². The Morgan fingerprint density at radius 2 is 1.89 bits per heavy atom. The van der Waals surface area contributed by atoms with Gasteiger partial charge in [0.25, 0.3) is 0 Å². The van der Waals surface area contributed by atoms with Gasteiger partial charge in [-0.05, 0) is 54.8 Å². The van der Waals surface area contributed by atoms with Crippen LogP contribution in [0.2, 0.25) is 0 Å². The van der Waals surface area contributed by atoms with E-state index in [1.807, 2.05) is 55.6 Å². The Morgan fingerprint density at radius 3 is 2.68 bits per heavy atom. The van der Waals surface area contributed by atoms with E-state index in [-0.39, 0.29) is 5.56 Å². The van der Waals surface area contributed by atoms with Gasteiger partial charge in [0.1, 0.15) is 5.75 Å². The summed E-state index contributed by atoms with van der Waals surface area (Å²) in [7, 11) is 1.65. The van der Waals surface area contributed by atoms with Gasteiger partial charge in [-0.2, -0.15) is 0 Å². The highest BCUT2D eigenvalue weighted by molar-refractivity contribution is 7.98. The summed E-state index contributed by atoms with van der Waals surface area (Å²) in [5, 5.41) is 9.02. The van der Waals surface area contributed by atoms with Crippen LogP contribution in [-0.2, 0) is 5.75 Å². The lowest BCUT2D eigenvalue weighted by molar-refractivity contribution is 0.414. The Balaban J connectivity index is 1.64. The van der Waals surface area contributed by atoms with Crippen molar-refractivity contribution in [1.82, 2.24) is 19.2 Å². The first-order chi connectivity index (χ1) is 13.6. The Labute approximate surface area is 166 Å². The molecule has 0 atom stereocenters. The fourth-order valence-electron chi connectivity index (χ4n) is 2.95. The molecule has 0 saturated heterocycles. The Kier molecular flexibility index (Phi) is 4.92. The molecule has 142 valence electrons. The summed E-state index contributed by atoms with van der Waals surface area (Å²) in [5.74, 6) is 1.53. The zero-order chi connectivity index (χ0) is 19.7. The van der Waals surface area contributed by atoms with Crippen molar-refractivity contribution in [3.05, 3.63) is 81.9 Å². The van der Waals surface area contributed by atoms with E-state index < -0.39 is 0 Å². The van der Waals surface area contributed by atoms with Crippen LogP contribution in [0.5, 0.6) is 5.75 Å². The number of aromatic nitrogens is 4. The van der Waals surface area contributed by atoms with Gasteiger partial charge in [0.05, 0.1) is 7.11 Å². The molecule has 2 aromatic heterocycles. The first kappa shape index (κ1) is 18.3. The minimum absolute atomic E-state index is 0.188. The Bertz CT molecular complexity index is 1210. The van der Waals surface area contributed by atoms with Crippen LogP contribution >= 0.6 is 11.8 Å². The van der Waals surface area contributed by atoms with Crippen LogP contribution in [0.15, 0.2) is 64.8 Å². The van der Waals surface area contributed by atoms with Crippen LogP contribution < -0.4 is 10.3 Å². The van der Waals surface area contributed by atoms with Crippen molar-refractivity contribution in [2.24, 2.45) is 0 Å². The Morgan fingerprint density at radius 1 is 1.04 bits per heavy atom. The summed E-state index contributed by atoms with van der Waals surface area (Å²) < 4.78 is 8.61. The summed E-state index contributed by atoms with van der Waals surface area (Å²) in [6, 6.07) is 13.8. The summed E-state index contributed by atoms with van der Waals surface area (Å²) in [4.78, 5) is 12.9. The first-order valence-electron chi connectivity index (χ1n) is 8.86. The van der Waals surface area contributed by atoms with Gasteiger partial charge >= 0.3 is 5.56 Å². The monoisotopic (exact) mass is 392 g/mol.